The van der Waals surface area contributed by atoms with Gasteiger partial charge in [-0.15, -0.1) is 13.2 Å². The number of amides is 1. The Morgan fingerprint density at radius 3 is 2.47 bits per heavy atom. The number of aryl methyl sites for hydroxylation is 1. The van der Waals surface area contributed by atoms with Crippen molar-refractivity contribution in [2.45, 2.75) is 45.5 Å². The summed E-state index contributed by atoms with van der Waals surface area (Å²) in [5, 5.41) is 6.09. The maximum atomic E-state index is 12.7. The van der Waals surface area contributed by atoms with E-state index in [1.54, 1.807) is 36.4 Å². The Balaban J connectivity index is 1.34. The third kappa shape index (κ3) is 6.44. The van der Waals surface area contributed by atoms with Crippen LogP contribution in [0.4, 0.5) is 13.2 Å². The predicted octanol–water partition coefficient (Wildman–Crippen LogP) is 6.05. The Morgan fingerprint density at radius 2 is 1.81 bits per heavy atom. The zero-order valence-corrected chi connectivity index (χ0v) is 20.6. The molecule has 0 radical (unpaired) electrons. The first-order chi connectivity index (χ1) is 17.1. The summed E-state index contributed by atoms with van der Waals surface area (Å²) in [6.45, 7) is 3.33. The molecular weight excluding hydrogens is 495 g/mol. The SMILES string of the molecule is Cc1c(C(=O)CCCOC(F)(F)F)ccc2nn(CC3CCN(C(=O)c4ccc(Cl)cc4)CC3)cc12. The summed E-state index contributed by atoms with van der Waals surface area (Å²) in [6.07, 6.45) is -1.08. The van der Waals surface area contributed by atoms with Gasteiger partial charge in [0.15, 0.2) is 5.78 Å². The summed E-state index contributed by atoms with van der Waals surface area (Å²) in [5.74, 6) is 0.155. The molecular formula is C26H27ClF3N3O3. The normalized spacial score (nSPS) is 15.0. The predicted molar refractivity (Wildman–Crippen MR) is 130 cm³/mol. The quantitative estimate of drug-likeness (QED) is 0.267. The summed E-state index contributed by atoms with van der Waals surface area (Å²) in [4.78, 5) is 27.1. The Morgan fingerprint density at radius 1 is 1.11 bits per heavy atom. The Kier molecular flexibility index (Phi) is 8.00. The van der Waals surface area contributed by atoms with Crippen LogP contribution >= 0.6 is 11.6 Å². The van der Waals surface area contributed by atoms with Gasteiger partial charge in [0.2, 0.25) is 0 Å². The standard InChI is InChI=1S/C26H27ClF3N3O3/c1-17-21(24(34)3-2-14-36-26(28,29)30)8-9-23-22(17)16-33(31-23)15-18-10-12-32(13-11-18)25(35)19-4-6-20(27)7-5-19/h4-9,16,18H,2-3,10-15H2,1H3. The Hall–Kier alpha value is -2.91. The molecule has 2 heterocycles. The minimum Gasteiger partial charge on any atom is -0.339 e. The van der Waals surface area contributed by atoms with Crippen molar-refractivity contribution < 1.29 is 27.5 Å². The molecule has 1 amide bonds. The molecule has 0 unspecified atom stereocenters. The second-order valence-corrected chi connectivity index (χ2v) is 9.52. The highest BCUT2D eigenvalue weighted by molar-refractivity contribution is 6.30. The van der Waals surface area contributed by atoms with Gasteiger partial charge < -0.3 is 4.90 Å². The lowest BCUT2D eigenvalue weighted by atomic mass is 9.96. The molecule has 0 bridgehead atoms. The first-order valence-corrected chi connectivity index (χ1v) is 12.2. The molecule has 1 aromatic heterocycles. The molecule has 36 heavy (non-hydrogen) atoms. The van der Waals surface area contributed by atoms with E-state index in [9.17, 15) is 22.8 Å². The van der Waals surface area contributed by atoms with Crippen molar-refractivity contribution in [2.75, 3.05) is 19.7 Å². The topological polar surface area (TPSA) is 64.4 Å². The van der Waals surface area contributed by atoms with E-state index in [1.807, 2.05) is 22.7 Å². The van der Waals surface area contributed by atoms with Crippen molar-refractivity contribution in [3.05, 3.63) is 64.3 Å². The molecule has 3 aromatic rings. The minimum atomic E-state index is -4.69. The second-order valence-electron chi connectivity index (χ2n) is 9.09. The van der Waals surface area contributed by atoms with Crippen LogP contribution in [0.2, 0.25) is 5.02 Å². The Labute approximate surface area is 212 Å². The average Bonchev–Trinajstić information content (AvgIpc) is 3.25. The van der Waals surface area contributed by atoms with Gasteiger partial charge in [0.25, 0.3) is 5.91 Å². The van der Waals surface area contributed by atoms with E-state index in [-0.39, 0.29) is 24.5 Å². The lowest BCUT2D eigenvalue weighted by Gasteiger charge is -2.32. The number of likely N-dealkylation sites (tertiary alicyclic amines) is 1. The highest BCUT2D eigenvalue weighted by Gasteiger charge is 2.29. The summed E-state index contributed by atoms with van der Waals surface area (Å²) >= 11 is 5.91. The number of fused-ring (bicyclic) bond motifs is 1. The smallest absolute Gasteiger partial charge is 0.339 e. The summed E-state index contributed by atoms with van der Waals surface area (Å²) in [5.41, 5.74) is 2.65. The molecule has 0 saturated carbocycles. The maximum Gasteiger partial charge on any atom is 0.522 e. The highest BCUT2D eigenvalue weighted by atomic mass is 35.5. The molecule has 192 valence electrons. The van der Waals surface area contributed by atoms with Crippen LogP contribution < -0.4 is 0 Å². The minimum absolute atomic E-state index is 0.00565. The number of aromatic nitrogens is 2. The third-order valence-corrected chi connectivity index (χ3v) is 6.81. The van der Waals surface area contributed by atoms with E-state index in [0.717, 1.165) is 29.3 Å². The fourth-order valence-electron chi connectivity index (χ4n) is 4.59. The number of Topliss-reactive ketones (excluding diaryl/α,β-unsaturated/α-hetero) is 1. The highest BCUT2D eigenvalue weighted by Crippen LogP contribution is 2.26. The van der Waals surface area contributed by atoms with Crippen molar-refractivity contribution in [3.8, 4) is 0 Å². The van der Waals surface area contributed by atoms with Crippen molar-refractivity contribution in [1.29, 1.82) is 0 Å². The molecule has 10 heteroatoms. The number of ether oxygens (including phenoxy) is 1. The van der Waals surface area contributed by atoms with Gasteiger partial charge in [-0.2, -0.15) is 5.10 Å². The second kappa shape index (κ2) is 11.0. The van der Waals surface area contributed by atoms with Crippen LogP contribution in [-0.2, 0) is 11.3 Å². The van der Waals surface area contributed by atoms with Crippen molar-refractivity contribution in [1.82, 2.24) is 14.7 Å². The molecule has 1 aliphatic rings. The van der Waals surface area contributed by atoms with Crippen LogP contribution in [0, 0.1) is 12.8 Å². The monoisotopic (exact) mass is 521 g/mol. The fraction of sp³-hybridized carbons (Fsp3) is 0.423. The number of carbonyl (C=O) groups is 2. The molecule has 0 N–H and O–H groups in total. The van der Waals surface area contributed by atoms with Crippen molar-refractivity contribution in [2.24, 2.45) is 5.92 Å². The molecule has 0 atom stereocenters. The van der Waals surface area contributed by atoms with Crippen molar-refractivity contribution in [3.63, 3.8) is 0 Å². The molecule has 4 rings (SSSR count). The molecule has 1 fully saturated rings. The number of carbonyl (C=O) groups excluding carboxylic acids is 2. The van der Waals surface area contributed by atoms with Crippen LogP contribution in [0.25, 0.3) is 10.9 Å². The molecule has 1 saturated heterocycles. The maximum absolute atomic E-state index is 12.7. The van der Waals surface area contributed by atoms with Gasteiger partial charge in [0.1, 0.15) is 0 Å². The lowest BCUT2D eigenvalue weighted by Crippen LogP contribution is -2.39. The number of halogens is 4. The largest absolute Gasteiger partial charge is 0.522 e. The van der Waals surface area contributed by atoms with Crippen molar-refractivity contribution >= 4 is 34.2 Å². The zero-order chi connectivity index (χ0) is 25.9. The van der Waals surface area contributed by atoms with Crippen LogP contribution in [0.3, 0.4) is 0 Å². The number of rotatable bonds is 8. The van der Waals surface area contributed by atoms with Gasteiger partial charge in [-0.3, -0.25) is 19.0 Å². The van der Waals surface area contributed by atoms with Gasteiger partial charge in [0, 0.05) is 53.8 Å². The molecule has 2 aromatic carbocycles. The van der Waals surface area contributed by atoms with E-state index in [1.165, 1.54) is 0 Å². The number of hydrogen-bond acceptors (Lipinski definition) is 4. The van der Waals surface area contributed by atoms with Crippen LogP contribution in [0.15, 0.2) is 42.6 Å². The molecule has 1 aliphatic heterocycles. The summed E-state index contributed by atoms with van der Waals surface area (Å²) in [7, 11) is 0. The molecule has 0 aliphatic carbocycles. The van der Waals surface area contributed by atoms with Gasteiger partial charge >= 0.3 is 6.36 Å². The van der Waals surface area contributed by atoms with E-state index >= 15 is 0 Å². The lowest BCUT2D eigenvalue weighted by molar-refractivity contribution is -0.324. The van der Waals surface area contributed by atoms with Gasteiger partial charge in [-0.1, -0.05) is 11.6 Å². The summed E-state index contributed by atoms with van der Waals surface area (Å²) in [6, 6.07) is 10.4. The first-order valence-electron chi connectivity index (χ1n) is 11.9. The molecule has 6 nitrogen and oxygen atoms in total. The van der Waals surface area contributed by atoms with E-state index < -0.39 is 13.0 Å². The van der Waals surface area contributed by atoms with Gasteiger partial charge in [0.05, 0.1) is 12.1 Å². The van der Waals surface area contributed by atoms with E-state index in [2.05, 4.69) is 9.84 Å². The number of piperidine rings is 1. The number of alkyl halides is 3. The summed E-state index contributed by atoms with van der Waals surface area (Å²) < 4.78 is 42.0. The zero-order valence-electron chi connectivity index (χ0n) is 19.9. The van der Waals surface area contributed by atoms with Gasteiger partial charge in [-0.25, -0.2) is 0 Å². The van der Waals surface area contributed by atoms with Crippen LogP contribution in [-0.4, -0.2) is 52.4 Å². The first kappa shape index (κ1) is 26.2. The van der Waals surface area contributed by atoms with Crippen LogP contribution in [0.5, 0.6) is 0 Å². The number of benzene rings is 2. The van der Waals surface area contributed by atoms with Gasteiger partial charge in [-0.05, 0) is 74.1 Å². The molecule has 0 spiro atoms. The fourth-order valence-corrected chi connectivity index (χ4v) is 4.72. The average molecular weight is 522 g/mol. The number of ketones is 1. The number of nitrogens with zero attached hydrogens (tertiary/aromatic N) is 3. The number of hydrogen-bond donors (Lipinski definition) is 0. The van der Waals surface area contributed by atoms with Crippen LogP contribution in [0.1, 0.15) is 52.0 Å². The third-order valence-electron chi connectivity index (χ3n) is 6.56. The van der Waals surface area contributed by atoms with E-state index in [0.29, 0.717) is 41.7 Å². The van der Waals surface area contributed by atoms with E-state index in [4.69, 9.17) is 11.6 Å². The Bertz CT molecular complexity index is 1230.